The van der Waals surface area contributed by atoms with Crippen LogP contribution in [0.25, 0.3) is 0 Å². The molecule has 1 aromatic rings. The van der Waals surface area contributed by atoms with Gasteiger partial charge in [0.1, 0.15) is 0 Å². The van der Waals surface area contributed by atoms with Gasteiger partial charge in [0.05, 0.1) is 5.75 Å². The van der Waals surface area contributed by atoms with E-state index in [4.69, 9.17) is 5.11 Å². The molecule has 0 aliphatic carbocycles. The minimum Gasteiger partial charge on any atom is -0.481 e. The van der Waals surface area contributed by atoms with Gasteiger partial charge >= 0.3 is 5.97 Å². The zero-order valence-electron chi connectivity index (χ0n) is 12.5. The van der Waals surface area contributed by atoms with Gasteiger partial charge in [0.25, 0.3) is 0 Å². The van der Waals surface area contributed by atoms with Gasteiger partial charge in [0, 0.05) is 20.1 Å². The highest BCUT2D eigenvalue weighted by Crippen LogP contribution is 2.20. The van der Waals surface area contributed by atoms with E-state index >= 15 is 0 Å². The molecule has 0 saturated carbocycles. The van der Waals surface area contributed by atoms with E-state index in [1.165, 1.54) is 11.8 Å². The summed E-state index contributed by atoms with van der Waals surface area (Å²) in [6, 6.07) is 0. The number of carboxylic acids is 1. The molecule has 1 heterocycles. The number of carbonyl (C=O) groups is 1. The van der Waals surface area contributed by atoms with Crippen molar-refractivity contribution >= 4 is 23.7 Å². The molecule has 0 unspecified atom stereocenters. The maximum atomic E-state index is 10.6. The molecule has 1 aromatic heterocycles. The minimum atomic E-state index is -0.849. The predicted molar refractivity (Wildman–Crippen MR) is 80.4 cm³/mol. The highest BCUT2D eigenvalue weighted by molar-refractivity contribution is 7.99. The standard InChI is InChI=1S/C12H23N5O2S/c1-5-17(8-6-7-15(2)3)11-13-14-12(16(11)4)20-9-10(18)19/h5-9H2,1-4H3,(H,18,19). The van der Waals surface area contributed by atoms with Crippen LogP contribution in [-0.4, -0.2) is 70.2 Å². The smallest absolute Gasteiger partial charge is 0.313 e. The van der Waals surface area contributed by atoms with Gasteiger partial charge in [-0.2, -0.15) is 0 Å². The van der Waals surface area contributed by atoms with Crippen LogP contribution in [0.4, 0.5) is 5.95 Å². The number of nitrogens with zero attached hydrogens (tertiary/aromatic N) is 5. The molecule has 0 bridgehead atoms. The zero-order valence-corrected chi connectivity index (χ0v) is 13.4. The van der Waals surface area contributed by atoms with E-state index in [9.17, 15) is 4.79 Å². The van der Waals surface area contributed by atoms with E-state index < -0.39 is 5.97 Å². The van der Waals surface area contributed by atoms with Crippen LogP contribution < -0.4 is 4.90 Å². The van der Waals surface area contributed by atoms with Gasteiger partial charge in [0.2, 0.25) is 5.95 Å². The molecule has 0 aliphatic rings. The summed E-state index contributed by atoms with van der Waals surface area (Å²) in [5.74, 6) is -0.0596. The van der Waals surface area contributed by atoms with Crippen molar-refractivity contribution < 1.29 is 9.90 Å². The SMILES string of the molecule is CCN(CCCN(C)C)c1nnc(SCC(=O)O)n1C. The van der Waals surface area contributed by atoms with Gasteiger partial charge in [-0.15, -0.1) is 10.2 Å². The van der Waals surface area contributed by atoms with Crippen molar-refractivity contribution in [2.24, 2.45) is 7.05 Å². The lowest BCUT2D eigenvalue weighted by molar-refractivity contribution is -0.133. The third kappa shape index (κ3) is 5.01. The average Bonchev–Trinajstić information content (AvgIpc) is 2.73. The molecule has 20 heavy (non-hydrogen) atoms. The van der Waals surface area contributed by atoms with E-state index in [-0.39, 0.29) is 5.75 Å². The molecule has 0 amide bonds. The molecule has 0 atom stereocenters. The molecule has 1 rings (SSSR count). The third-order valence-electron chi connectivity index (χ3n) is 2.83. The summed E-state index contributed by atoms with van der Waals surface area (Å²) in [7, 11) is 5.98. The van der Waals surface area contributed by atoms with Gasteiger partial charge in [-0.1, -0.05) is 11.8 Å². The number of aliphatic carboxylic acids is 1. The molecular formula is C12H23N5O2S. The van der Waals surface area contributed by atoms with Gasteiger partial charge in [-0.3, -0.25) is 9.36 Å². The number of anilines is 1. The van der Waals surface area contributed by atoms with Crippen molar-refractivity contribution in [1.29, 1.82) is 0 Å². The number of thioether (sulfide) groups is 1. The minimum absolute atomic E-state index is 0.00126. The highest BCUT2D eigenvalue weighted by Gasteiger charge is 2.15. The van der Waals surface area contributed by atoms with Crippen LogP contribution in [0, 0.1) is 0 Å². The van der Waals surface area contributed by atoms with Crippen molar-refractivity contribution in [2.75, 3.05) is 44.4 Å². The number of carboxylic acid groups (broad SMARTS) is 1. The van der Waals surface area contributed by atoms with E-state index in [1.807, 2.05) is 11.6 Å². The first-order chi connectivity index (χ1) is 9.45. The van der Waals surface area contributed by atoms with E-state index in [0.29, 0.717) is 5.16 Å². The highest BCUT2D eigenvalue weighted by atomic mass is 32.2. The Morgan fingerprint density at radius 1 is 1.35 bits per heavy atom. The lowest BCUT2D eigenvalue weighted by Crippen LogP contribution is -2.29. The van der Waals surface area contributed by atoms with Crippen molar-refractivity contribution in [3.63, 3.8) is 0 Å². The van der Waals surface area contributed by atoms with Crippen LogP contribution >= 0.6 is 11.8 Å². The normalized spacial score (nSPS) is 11.1. The first-order valence-corrected chi connectivity index (χ1v) is 7.58. The van der Waals surface area contributed by atoms with Gasteiger partial charge in [0.15, 0.2) is 5.16 Å². The zero-order chi connectivity index (χ0) is 15.1. The molecule has 0 aliphatic heterocycles. The topological polar surface area (TPSA) is 74.5 Å². The summed E-state index contributed by atoms with van der Waals surface area (Å²) in [6.07, 6.45) is 1.05. The molecule has 1 N–H and O–H groups in total. The molecule has 7 nitrogen and oxygen atoms in total. The predicted octanol–water partition coefficient (Wildman–Crippen LogP) is 0.770. The van der Waals surface area contributed by atoms with Crippen LogP contribution in [0.5, 0.6) is 0 Å². The molecule has 114 valence electrons. The number of rotatable bonds is 9. The quantitative estimate of drug-likeness (QED) is 0.675. The summed E-state index contributed by atoms with van der Waals surface area (Å²) >= 11 is 1.19. The Hall–Kier alpha value is -1.28. The average molecular weight is 301 g/mol. The van der Waals surface area contributed by atoms with Crippen LogP contribution in [0.15, 0.2) is 5.16 Å². The molecule has 0 aromatic carbocycles. The monoisotopic (exact) mass is 301 g/mol. The first kappa shape index (κ1) is 16.8. The summed E-state index contributed by atoms with van der Waals surface area (Å²) in [4.78, 5) is 14.9. The Morgan fingerprint density at radius 2 is 2.05 bits per heavy atom. The molecule has 0 saturated heterocycles. The molecule has 0 fully saturated rings. The third-order valence-corrected chi connectivity index (χ3v) is 3.84. The van der Waals surface area contributed by atoms with Crippen molar-refractivity contribution in [1.82, 2.24) is 19.7 Å². The number of hydrogen-bond donors (Lipinski definition) is 1. The summed E-state index contributed by atoms with van der Waals surface area (Å²) in [5, 5.41) is 17.6. The molecule has 8 heteroatoms. The van der Waals surface area contributed by atoms with Crippen LogP contribution in [0.2, 0.25) is 0 Å². The first-order valence-electron chi connectivity index (χ1n) is 6.59. The van der Waals surface area contributed by atoms with Crippen molar-refractivity contribution in [3.05, 3.63) is 0 Å². The second-order valence-corrected chi connectivity index (χ2v) is 5.70. The fourth-order valence-electron chi connectivity index (χ4n) is 1.81. The fourth-order valence-corrected chi connectivity index (χ4v) is 2.44. The lowest BCUT2D eigenvalue weighted by Gasteiger charge is -2.22. The Bertz CT molecular complexity index is 435. The maximum absolute atomic E-state index is 10.6. The Kier molecular flexibility index (Phi) is 6.80. The second-order valence-electron chi connectivity index (χ2n) is 4.76. The summed E-state index contributed by atoms with van der Waals surface area (Å²) < 4.78 is 1.85. The van der Waals surface area contributed by atoms with Crippen molar-refractivity contribution in [3.8, 4) is 0 Å². The Balaban J connectivity index is 2.65. The molecular weight excluding hydrogens is 278 g/mol. The molecule has 0 spiro atoms. The largest absolute Gasteiger partial charge is 0.481 e. The van der Waals surface area contributed by atoms with Crippen LogP contribution in [-0.2, 0) is 11.8 Å². The van der Waals surface area contributed by atoms with E-state index in [2.05, 4.69) is 41.0 Å². The summed E-state index contributed by atoms with van der Waals surface area (Å²) in [5.41, 5.74) is 0. The van der Waals surface area contributed by atoms with Crippen LogP contribution in [0.1, 0.15) is 13.3 Å². The van der Waals surface area contributed by atoms with Gasteiger partial charge < -0.3 is 14.9 Å². The van der Waals surface area contributed by atoms with Gasteiger partial charge in [-0.25, -0.2) is 0 Å². The van der Waals surface area contributed by atoms with E-state index in [0.717, 1.165) is 32.0 Å². The number of hydrogen-bond acceptors (Lipinski definition) is 6. The molecule has 0 radical (unpaired) electrons. The second kappa shape index (κ2) is 8.11. The Labute approximate surface area is 124 Å². The summed E-state index contributed by atoms with van der Waals surface area (Å²) in [6.45, 7) is 4.86. The number of aromatic nitrogens is 3. The van der Waals surface area contributed by atoms with E-state index in [1.54, 1.807) is 0 Å². The Morgan fingerprint density at radius 3 is 2.60 bits per heavy atom. The van der Waals surface area contributed by atoms with Crippen LogP contribution in [0.3, 0.4) is 0 Å². The van der Waals surface area contributed by atoms with Crippen molar-refractivity contribution in [2.45, 2.75) is 18.5 Å². The van der Waals surface area contributed by atoms with Gasteiger partial charge in [-0.05, 0) is 34.0 Å². The fraction of sp³-hybridized carbons (Fsp3) is 0.750. The maximum Gasteiger partial charge on any atom is 0.313 e. The lowest BCUT2D eigenvalue weighted by atomic mass is 10.3.